The number of benzene rings is 2. The van der Waals surface area contributed by atoms with Crippen LogP contribution in [0.25, 0.3) is 0 Å². The number of alkyl halides is 1. The summed E-state index contributed by atoms with van der Waals surface area (Å²) in [6, 6.07) is 15.9. The van der Waals surface area contributed by atoms with Crippen LogP contribution in [0.1, 0.15) is 17.9 Å². The van der Waals surface area contributed by atoms with Gasteiger partial charge in [-0.2, -0.15) is 0 Å². The van der Waals surface area contributed by atoms with E-state index in [-0.39, 0.29) is 5.38 Å². The molecule has 1 atom stereocenters. The molecule has 0 aliphatic rings. The molecule has 20 heavy (non-hydrogen) atoms. The van der Waals surface area contributed by atoms with Gasteiger partial charge in [0.1, 0.15) is 12.4 Å². The van der Waals surface area contributed by atoms with E-state index in [0.717, 1.165) is 28.0 Å². The highest BCUT2D eigenvalue weighted by Crippen LogP contribution is 2.26. The van der Waals surface area contributed by atoms with Gasteiger partial charge in [-0.1, -0.05) is 40.2 Å². The molecule has 2 aromatic rings. The molecule has 106 valence electrons. The predicted molar refractivity (Wildman–Crippen MR) is 88.8 cm³/mol. The van der Waals surface area contributed by atoms with Gasteiger partial charge in [-0.05, 0) is 36.8 Å². The lowest BCUT2D eigenvalue weighted by molar-refractivity contribution is 0.332. The normalized spacial score (nSPS) is 11.9. The van der Waals surface area contributed by atoms with Crippen LogP contribution in [0.5, 0.6) is 5.75 Å². The first-order valence-electron chi connectivity index (χ1n) is 6.52. The molecular formula is C16H17BrClNO. The van der Waals surface area contributed by atoms with E-state index in [9.17, 15) is 0 Å². The third-order valence-corrected chi connectivity index (χ3v) is 3.60. The molecule has 1 unspecified atom stereocenters. The first-order chi connectivity index (χ1) is 9.66. The quantitative estimate of drug-likeness (QED) is 0.566. The summed E-state index contributed by atoms with van der Waals surface area (Å²) >= 11 is 9.58. The van der Waals surface area contributed by atoms with Gasteiger partial charge in [0.2, 0.25) is 0 Å². The lowest BCUT2D eigenvalue weighted by Crippen LogP contribution is -2.12. The molecule has 0 spiro atoms. The zero-order chi connectivity index (χ0) is 14.4. The molecule has 2 nitrogen and oxygen atoms in total. The van der Waals surface area contributed by atoms with E-state index in [4.69, 9.17) is 16.3 Å². The Balaban J connectivity index is 1.84. The number of anilines is 1. The maximum atomic E-state index is 6.16. The molecule has 0 saturated carbocycles. The van der Waals surface area contributed by atoms with E-state index in [2.05, 4.69) is 21.2 Å². The van der Waals surface area contributed by atoms with Crippen molar-refractivity contribution in [3.8, 4) is 5.75 Å². The van der Waals surface area contributed by atoms with Crippen molar-refractivity contribution in [2.45, 2.75) is 12.3 Å². The summed E-state index contributed by atoms with van der Waals surface area (Å²) in [5.74, 6) is 0.861. The van der Waals surface area contributed by atoms with E-state index in [1.54, 1.807) is 0 Å². The molecule has 2 aromatic carbocycles. The number of ether oxygens (including phenoxy) is 1. The van der Waals surface area contributed by atoms with Crippen LogP contribution in [0.2, 0.25) is 0 Å². The molecule has 2 rings (SSSR count). The SMILES string of the molecule is CC(Cl)c1ccccc1NCCOc1cccc(Br)c1. The maximum Gasteiger partial charge on any atom is 0.120 e. The van der Waals surface area contributed by atoms with Crippen LogP contribution in [-0.4, -0.2) is 13.2 Å². The van der Waals surface area contributed by atoms with Crippen LogP contribution in [0, 0.1) is 0 Å². The Bertz CT molecular complexity index is 560. The van der Waals surface area contributed by atoms with Crippen LogP contribution in [-0.2, 0) is 0 Å². The standard InChI is InChI=1S/C16H17BrClNO/c1-12(18)15-7-2-3-8-16(15)19-9-10-20-14-6-4-5-13(17)11-14/h2-8,11-12,19H,9-10H2,1H3. The predicted octanol–water partition coefficient (Wildman–Crippen LogP) is 5.24. The topological polar surface area (TPSA) is 21.3 Å². The Morgan fingerprint density at radius 2 is 2.00 bits per heavy atom. The summed E-state index contributed by atoms with van der Waals surface area (Å²) in [5, 5.41) is 3.35. The summed E-state index contributed by atoms with van der Waals surface area (Å²) in [6.07, 6.45) is 0. The molecule has 0 aromatic heterocycles. The van der Waals surface area contributed by atoms with Crippen LogP contribution in [0.15, 0.2) is 53.0 Å². The van der Waals surface area contributed by atoms with Gasteiger partial charge >= 0.3 is 0 Å². The number of para-hydroxylation sites is 1. The lowest BCUT2D eigenvalue weighted by atomic mass is 10.1. The fraction of sp³-hybridized carbons (Fsp3) is 0.250. The second kappa shape index (κ2) is 7.55. The number of hydrogen-bond donors (Lipinski definition) is 1. The first-order valence-corrected chi connectivity index (χ1v) is 7.75. The van der Waals surface area contributed by atoms with Crippen molar-refractivity contribution in [3.63, 3.8) is 0 Å². The van der Waals surface area contributed by atoms with E-state index >= 15 is 0 Å². The first kappa shape index (κ1) is 15.2. The highest BCUT2D eigenvalue weighted by Gasteiger charge is 2.06. The van der Waals surface area contributed by atoms with Crippen molar-refractivity contribution in [2.24, 2.45) is 0 Å². The number of hydrogen-bond acceptors (Lipinski definition) is 2. The smallest absolute Gasteiger partial charge is 0.120 e. The lowest BCUT2D eigenvalue weighted by Gasteiger charge is -2.14. The van der Waals surface area contributed by atoms with Gasteiger partial charge < -0.3 is 10.1 Å². The molecule has 0 aliphatic carbocycles. The van der Waals surface area contributed by atoms with Gasteiger partial charge in [-0.25, -0.2) is 0 Å². The molecule has 4 heteroatoms. The molecule has 0 aliphatic heterocycles. The van der Waals surface area contributed by atoms with Crippen molar-refractivity contribution in [3.05, 3.63) is 58.6 Å². The average Bonchev–Trinajstić information content (AvgIpc) is 2.44. The Hall–Kier alpha value is -1.19. The zero-order valence-electron chi connectivity index (χ0n) is 11.3. The highest BCUT2D eigenvalue weighted by atomic mass is 79.9. The molecule has 0 amide bonds. The third-order valence-electron chi connectivity index (χ3n) is 2.87. The van der Waals surface area contributed by atoms with Crippen molar-refractivity contribution in [1.82, 2.24) is 0 Å². The molecule has 0 saturated heterocycles. The maximum absolute atomic E-state index is 6.16. The van der Waals surface area contributed by atoms with Gasteiger partial charge in [0.25, 0.3) is 0 Å². The van der Waals surface area contributed by atoms with E-state index in [1.807, 2.05) is 55.5 Å². The largest absolute Gasteiger partial charge is 0.492 e. The average molecular weight is 355 g/mol. The Morgan fingerprint density at radius 1 is 1.20 bits per heavy atom. The summed E-state index contributed by atoms with van der Waals surface area (Å²) in [5.41, 5.74) is 2.17. The molecular weight excluding hydrogens is 338 g/mol. The minimum Gasteiger partial charge on any atom is -0.492 e. The van der Waals surface area contributed by atoms with Gasteiger partial charge in [0.15, 0.2) is 0 Å². The minimum absolute atomic E-state index is 0.00954. The second-order valence-electron chi connectivity index (χ2n) is 4.44. The number of halogens is 2. The van der Waals surface area contributed by atoms with Gasteiger partial charge in [0, 0.05) is 16.7 Å². The van der Waals surface area contributed by atoms with E-state index in [1.165, 1.54) is 0 Å². The van der Waals surface area contributed by atoms with Crippen molar-refractivity contribution >= 4 is 33.2 Å². The van der Waals surface area contributed by atoms with E-state index < -0.39 is 0 Å². The highest BCUT2D eigenvalue weighted by molar-refractivity contribution is 9.10. The molecule has 0 heterocycles. The van der Waals surface area contributed by atoms with Crippen molar-refractivity contribution in [1.29, 1.82) is 0 Å². The van der Waals surface area contributed by atoms with E-state index in [0.29, 0.717) is 6.61 Å². The van der Waals surface area contributed by atoms with Crippen molar-refractivity contribution < 1.29 is 4.74 Å². The summed E-state index contributed by atoms with van der Waals surface area (Å²) in [4.78, 5) is 0. The second-order valence-corrected chi connectivity index (χ2v) is 6.01. The van der Waals surface area contributed by atoms with Crippen LogP contribution < -0.4 is 10.1 Å². The van der Waals surface area contributed by atoms with Crippen LogP contribution in [0.3, 0.4) is 0 Å². The molecule has 1 N–H and O–H groups in total. The number of nitrogens with one attached hydrogen (secondary N) is 1. The fourth-order valence-electron chi connectivity index (χ4n) is 1.92. The Labute approximate surface area is 133 Å². The van der Waals surface area contributed by atoms with Gasteiger partial charge in [-0.3, -0.25) is 0 Å². The third kappa shape index (κ3) is 4.43. The Morgan fingerprint density at radius 3 is 2.75 bits per heavy atom. The molecule has 0 bridgehead atoms. The summed E-state index contributed by atoms with van der Waals surface area (Å²) in [6.45, 7) is 3.30. The Kier molecular flexibility index (Phi) is 5.74. The van der Waals surface area contributed by atoms with Gasteiger partial charge in [-0.15, -0.1) is 11.6 Å². The summed E-state index contributed by atoms with van der Waals surface area (Å²) in [7, 11) is 0. The molecule has 0 radical (unpaired) electrons. The molecule has 0 fully saturated rings. The summed E-state index contributed by atoms with van der Waals surface area (Å²) < 4.78 is 6.70. The monoisotopic (exact) mass is 353 g/mol. The van der Waals surface area contributed by atoms with Gasteiger partial charge in [0.05, 0.1) is 5.38 Å². The number of rotatable bonds is 6. The van der Waals surface area contributed by atoms with Crippen molar-refractivity contribution in [2.75, 3.05) is 18.5 Å². The van der Waals surface area contributed by atoms with Crippen LogP contribution >= 0.6 is 27.5 Å². The fourth-order valence-corrected chi connectivity index (χ4v) is 2.48. The minimum atomic E-state index is -0.00954. The zero-order valence-corrected chi connectivity index (χ0v) is 13.6. The van der Waals surface area contributed by atoms with Crippen LogP contribution in [0.4, 0.5) is 5.69 Å².